The van der Waals surface area contributed by atoms with E-state index in [1.54, 1.807) is 45.0 Å². The minimum Gasteiger partial charge on any atom is -0.460 e. The van der Waals surface area contributed by atoms with Crippen molar-refractivity contribution in [2.45, 2.75) is 105 Å². The third-order valence-corrected chi connectivity index (χ3v) is 7.76. The minimum absolute atomic E-state index is 0.0893. The van der Waals surface area contributed by atoms with E-state index in [0.717, 1.165) is 24.8 Å². The molecule has 0 saturated heterocycles. The molecule has 0 aliphatic rings. The van der Waals surface area contributed by atoms with Crippen LogP contribution >= 0.6 is 15.9 Å². The third-order valence-electron chi connectivity index (χ3n) is 7.14. The Balaban J connectivity index is 2.80. The SMILES string of the molecule is CC(C)[C@@H](NC(=O)CCCCCCC(=O)CBr)C(=O)C[C@H](CCCNC(N)=O)C(=O)Nc1ccc(COC(=O)C(C)(C)C)cc1. The summed E-state index contributed by atoms with van der Waals surface area (Å²) in [6.07, 6.45) is 4.56. The second-order valence-electron chi connectivity index (χ2n) is 12.7. The number of halogens is 1. The Morgan fingerprint density at radius 3 is 2.09 bits per heavy atom. The molecule has 5 N–H and O–H groups in total. The Morgan fingerprint density at radius 2 is 1.53 bits per heavy atom. The predicted molar refractivity (Wildman–Crippen MR) is 178 cm³/mol. The Kier molecular flexibility index (Phi) is 18.3. The summed E-state index contributed by atoms with van der Waals surface area (Å²) in [6.45, 7) is 9.37. The molecule has 252 valence electrons. The molecule has 4 amide bonds. The van der Waals surface area contributed by atoms with Gasteiger partial charge in [-0.1, -0.05) is 54.8 Å². The van der Waals surface area contributed by atoms with Gasteiger partial charge in [-0.2, -0.15) is 0 Å². The molecule has 1 aromatic rings. The average Bonchev–Trinajstić information content (AvgIpc) is 2.97. The van der Waals surface area contributed by atoms with E-state index in [1.807, 2.05) is 13.8 Å². The van der Waals surface area contributed by atoms with Crippen LogP contribution in [0.5, 0.6) is 0 Å². The smallest absolute Gasteiger partial charge is 0.312 e. The van der Waals surface area contributed by atoms with Gasteiger partial charge in [0.25, 0.3) is 0 Å². The predicted octanol–water partition coefficient (Wildman–Crippen LogP) is 5.18. The van der Waals surface area contributed by atoms with Gasteiger partial charge >= 0.3 is 12.0 Å². The first-order chi connectivity index (χ1) is 21.1. The maximum Gasteiger partial charge on any atom is 0.312 e. The summed E-state index contributed by atoms with van der Waals surface area (Å²) in [5.41, 5.74) is 5.82. The molecule has 1 aromatic carbocycles. The lowest BCUT2D eigenvalue weighted by molar-refractivity contribution is -0.154. The fraction of sp³-hybridized carbons (Fsp3) is 0.636. The van der Waals surface area contributed by atoms with Gasteiger partial charge in [0, 0.05) is 37.4 Å². The van der Waals surface area contributed by atoms with Crippen molar-refractivity contribution in [2.75, 3.05) is 17.2 Å². The molecular weight excluding hydrogens is 644 g/mol. The number of primary amides is 1. The monoisotopic (exact) mass is 694 g/mol. The molecule has 0 aromatic heterocycles. The number of nitrogens with one attached hydrogen (secondary N) is 3. The van der Waals surface area contributed by atoms with E-state index in [9.17, 15) is 28.8 Å². The number of carbonyl (C=O) groups is 6. The highest BCUT2D eigenvalue weighted by molar-refractivity contribution is 9.09. The number of carbonyl (C=O) groups excluding carboxylic acids is 6. The highest BCUT2D eigenvalue weighted by Crippen LogP contribution is 2.21. The van der Waals surface area contributed by atoms with Crippen LogP contribution in [0.4, 0.5) is 10.5 Å². The van der Waals surface area contributed by atoms with E-state index in [-0.39, 0.29) is 61.3 Å². The summed E-state index contributed by atoms with van der Waals surface area (Å²) < 4.78 is 5.34. The van der Waals surface area contributed by atoms with Gasteiger partial charge in [0.15, 0.2) is 5.78 Å². The van der Waals surface area contributed by atoms with Crippen molar-refractivity contribution in [3.8, 4) is 0 Å². The van der Waals surface area contributed by atoms with Crippen LogP contribution in [0.25, 0.3) is 0 Å². The number of nitrogens with two attached hydrogens (primary N) is 1. The summed E-state index contributed by atoms with van der Waals surface area (Å²) in [6, 6.07) is 5.47. The Labute approximate surface area is 275 Å². The van der Waals surface area contributed by atoms with Gasteiger partial charge in [-0.3, -0.25) is 24.0 Å². The van der Waals surface area contributed by atoms with Crippen LogP contribution < -0.4 is 21.7 Å². The lowest BCUT2D eigenvalue weighted by atomic mass is 9.89. The molecule has 0 spiro atoms. The van der Waals surface area contributed by atoms with E-state index in [2.05, 4.69) is 31.9 Å². The van der Waals surface area contributed by atoms with E-state index in [0.29, 0.717) is 36.7 Å². The van der Waals surface area contributed by atoms with Crippen molar-refractivity contribution >= 4 is 57.0 Å². The fourth-order valence-corrected chi connectivity index (χ4v) is 4.72. The first-order valence-electron chi connectivity index (χ1n) is 15.6. The van der Waals surface area contributed by atoms with E-state index < -0.39 is 23.4 Å². The van der Waals surface area contributed by atoms with Gasteiger partial charge < -0.3 is 26.4 Å². The summed E-state index contributed by atoms with van der Waals surface area (Å²) in [5.74, 6) is -1.87. The van der Waals surface area contributed by atoms with Crippen LogP contribution in [-0.4, -0.2) is 53.3 Å². The molecule has 2 atom stereocenters. The van der Waals surface area contributed by atoms with Gasteiger partial charge in [0.05, 0.1) is 16.8 Å². The van der Waals surface area contributed by atoms with Crippen LogP contribution in [0.3, 0.4) is 0 Å². The zero-order valence-corrected chi connectivity index (χ0v) is 28.9. The van der Waals surface area contributed by atoms with Crippen LogP contribution in [0.15, 0.2) is 24.3 Å². The molecule has 0 unspecified atom stereocenters. The summed E-state index contributed by atoms with van der Waals surface area (Å²) >= 11 is 3.15. The van der Waals surface area contributed by atoms with Gasteiger partial charge in [-0.25, -0.2) is 4.79 Å². The zero-order chi connectivity index (χ0) is 34.0. The average molecular weight is 696 g/mol. The molecule has 0 aliphatic heterocycles. The maximum atomic E-state index is 13.4. The summed E-state index contributed by atoms with van der Waals surface area (Å²) in [5, 5.41) is 8.57. The molecule has 0 aliphatic carbocycles. The lowest BCUT2D eigenvalue weighted by Gasteiger charge is -2.24. The topological polar surface area (TPSA) is 174 Å². The number of hydrogen-bond donors (Lipinski definition) is 4. The fourth-order valence-electron chi connectivity index (χ4n) is 4.44. The molecule has 0 saturated carbocycles. The highest BCUT2D eigenvalue weighted by atomic mass is 79.9. The summed E-state index contributed by atoms with van der Waals surface area (Å²) in [7, 11) is 0. The van der Waals surface area contributed by atoms with E-state index in [1.165, 1.54) is 0 Å². The van der Waals surface area contributed by atoms with Gasteiger partial charge in [0.1, 0.15) is 12.4 Å². The number of ketones is 2. The highest BCUT2D eigenvalue weighted by Gasteiger charge is 2.29. The third kappa shape index (κ3) is 17.1. The molecule has 45 heavy (non-hydrogen) atoms. The van der Waals surface area contributed by atoms with Crippen LogP contribution in [0.2, 0.25) is 0 Å². The normalized spacial score (nSPS) is 12.6. The van der Waals surface area contributed by atoms with Crippen molar-refractivity contribution in [1.29, 1.82) is 0 Å². The quantitative estimate of drug-likeness (QED) is 0.0779. The van der Waals surface area contributed by atoms with Crippen LogP contribution in [0, 0.1) is 17.3 Å². The molecule has 1 rings (SSSR count). The first kappa shape index (κ1) is 39.7. The Bertz CT molecular complexity index is 1130. The molecular formula is C33H51BrN4O7. The van der Waals surface area contributed by atoms with E-state index in [4.69, 9.17) is 10.5 Å². The molecule has 0 fully saturated rings. The summed E-state index contributed by atoms with van der Waals surface area (Å²) in [4.78, 5) is 73.9. The molecule has 0 radical (unpaired) electrons. The number of hydrogen-bond acceptors (Lipinski definition) is 7. The minimum atomic E-state index is -0.747. The number of urea groups is 1. The number of Topliss-reactive ketones (excluding diaryl/α,β-unsaturated/α-hetero) is 2. The first-order valence-corrected chi connectivity index (χ1v) is 16.8. The van der Waals surface area contributed by atoms with Gasteiger partial charge in [0.2, 0.25) is 11.8 Å². The second kappa shape index (κ2) is 20.7. The Morgan fingerprint density at radius 1 is 0.911 bits per heavy atom. The van der Waals surface area contributed by atoms with Crippen LogP contribution in [0.1, 0.15) is 98.0 Å². The number of anilines is 1. The van der Waals surface area contributed by atoms with Crippen molar-refractivity contribution in [3.63, 3.8) is 0 Å². The number of unbranched alkanes of at least 4 members (excludes halogenated alkanes) is 3. The number of amides is 4. The van der Waals surface area contributed by atoms with Gasteiger partial charge in [-0.15, -0.1) is 0 Å². The number of alkyl halides is 1. The molecule has 0 bridgehead atoms. The number of esters is 1. The van der Waals surface area contributed by atoms with Crippen molar-refractivity contribution in [1.82, 2.24) is 10.6 Å². The number of rotatable bonds is 21. The Hall–Kier alpha value is -3.28. The van der Waals surface area contributed by atoms with Crippen molar-refractivity contribution in [2.24, 2.45) is 23.0 Å². The zero-order valence-electron chi connectivity index (χ0n) is 27.3. The largest absolute Gasteiger partial charge is 0.460 e. The van der Waals surface area contributed by atoms with Gasteiger partial charge in [-0.05, 0) is 70.1 Å². The van der Waals surface area contributed by atoms with Crippen molar-refractivity contribution < 1.29 is 33.5 Å². The standard InChI is InChI=1S/C33H51BrN4O7/c1-22(2)29(38-28(41)13-9-7-6-8-12-26(39)20-34)27(40)19-24(11-10-18-36-32(35)44)30(42)37-25-16-14-23(15-17-25)21-45-31(43)33(3,4)5/h14-17,22,24,29H,6-13,18-21H2,1-5H3,(H,37,42)(H,38,41)(H3,35,36,44)/t24-,29+/m0/s1. The molecule has 0 heterocycles. The van der Waals surface area contributed by atoms with Crippen LogP contribution in [-0.2, 0) is 35.3 Å². The van der Waals surface area contributed by atoms with Crippen molar-refractivity contribution in [3.05, 3.63) is 29.8 Å². The molecule has 11 nitrogen and oxygen atoms in total. The van der Waals surface area contributed by atoms with E-state index >= 15 is 0 Å². The second-order valence-corrected chi connectivity index (χ2v) is 13.2. The maximum absolute atomic E-state index is 13.4. The number of benzene rings is 1. The number of ether oxygens (including phenoxy) is 1. The molecule has 12 heteroatoms. The lowest BCUT2D eigenvalue weighted by Crippen LogP contribution is -2.45.